The van der Waals surface area contributed by atoms with Gasteiger partial charge in [-0.15, -0.1) is 0 Å². The SMILES string of the molecule is CN1CC2C[C@]2(c2ccc3ccccc3c2)C1. The summed E-state index contributed by atoms with van der Waals surface area (Å²) in [6, 6.07) is 15.7. The fourth-order valence-electron chi connectivity index (χ4n) is 3.68. The predicted molar refractivity (Wildman–Crippen MR) is 71.2 cm³/mol. The highest BCUT2D eigenvalue weighted by Crippen LogP contribution is 2.58. The lowest BCUT2D eigenvalue weighted by Gasteiger charge is -2.17. The first kappa shape index (κ1) is 9.67. The molecule has 1 unspecified atom stereocenters. The summed E-state index contributed by atoms with van der Waals surface area (Å²) in [5.74, 6) is 0.911. The van der Waals surface area contributed by atoms with E-state index in [1.165, 1.54) is 30.3 Å². The van der Waals surface area contributed by atoms with Crippen molar-refractivity contribution in [1.82, 2.24) is 4.90 Å². The maximum atomic E-state index is 2.48. The molecule has 1 nitrogen and oxygen atoms in total. The number of hydrogen-bond acceptors (Lipinski definition) is 1. The molecule has 2 aromatic carbocycles. The molecule has 1 aliphatic heterocycles. The van der Waals surface area contributed by atoms with Gasteiger partial charge in [0.25, 0.3) is 0 Å². The molecule has 1 aliphatic carbocycles. The predicted octanol–water partition coefficient (Wildman–Crippen LogP) is 3.04. The van der Waals surface area contributed by atoms with Gasteiger partial charge < -0.3 is 4.90 Å². The number of nitrogens with zero attached hydrogens (tertiary/aromatic N) is 1. The standard InChI is InChI=1S/C16H17N/c1-17-10-15-9-16(15,11-17)14-7-6-12-4-2-3-5-13(12)8-14/h2-8,15H,9-11H2,1H3/t15?,16-/m1/s1. The van der Waals surface area contributed by atoms with E-state index < -0.39 is 0 Å². The number of piperidine rings is 1. The van der Waals surface area contributed by atoms with Crippen LogP contribution in [0.2, 0.25) is 0 Å². The summed E-state index contributed by atoms with van der Waals surface area (Å²) in [5, 5.41) is 2.75. The summed E-state index contributed by atoms with van der Waals surface area (Å²) in [5.41, 5.74) is 2.06. The van der Waals surface area contributed by atoms with E-state index in [0.29, 0.717) is 5.41 Å². The molecular weight excluding hydrogens is 206 g/mol. The van der Waals surface area contributed by atoms with Gasteiger partial charge in [-0.25, -0.2) is 0 Å². The Labute approximate surface area is 102 Å². The highest BCUT2D eigenvalue weighted by molar-refractivity contribution is 5.83. The third kappa shape index (κ3) is 1.29. The molecule has 4 rings (SSSR count). The second kappa shape index (κ2) is 3.11. The molecular formula is C16H17N. The second-order valence-electron chi connectivity index (χ2n) is 5.82. The van der Waals surface area contributed by atoms with Gasteiger partial charge in [0.15, 0.2) is 0 Å². The van der Waals surface area contributed by atoms with Crippen molar-refractivity contribution < 1.29 is 0 Å². The maximum Gasteiger partial charge on any atom is 0.0124 e. The van der Waals surface area contributed by atoms with E-state index in [9.17, 15) is 0 Å². The molecule has 1 saturated carbocycles. The average molecular weight is 223 g/mol. The fourth-order valence-corrected chi connectivity index (χ4v) is 3.68. The summed E-state index contributed by atoms with van der Waals surface area (Å²) >= 11 is 0. The van der Waals surface area contributed by atoms with Crippen LogP contribution in [0.25, 0.3) is 10.8 Å². The van der Waals surface area contributed by atoms with Gasteiger partial charge in [0.05, 0.1) is 0 Å². The molecule has 86 valence electrons. The summed E-state index contributed by atoms with van der Waals surface area (Å²) in [6.07, 6.45) is 1.40. The van der Waals surface area contributed by atoms with E-state index in [0.717, 1.165) is 5.92 Å². The quantitative estimate of drug-likeness (QED) is 0.718. The number of rotatable bonds is 1. The number of hydrogen-bond donors (Lipinski definition) is 0. The lowest BCUT2D eigenvalue weighted by molar-refractivity contribution is 0.363. The molecule has 1 heterocycles. The van der Waals surface area contributed by atoms with E-state index in [4.69, 9.17) is 0 Å². The van der Waals surface area contributed by atoms with E-state index in [1.807, 2.05) is 0 Å². The molecule has 0 N–H and O–H groups in total. The Morgan fingerprint density at radius 1 is 1.12 bits per heavy atom. The first-order chi connectivity index (χ1) is 8.28. The topological polar surface area (TPSA) is 3.24 Å². The summed E-state index contributed by atoms with van der Waals surface area (Å²) < 4.78 is 0. The first-order valence-corrected chi connectivity index (χ1v) is 6.46. The Morgan fingerprint density at radius 2 is 1.94 bits per heavy atom. The van der Waals surface area contributed by atoms with Crippen molar-refractivity contribution in [2.24, 2.45) is 5.92 Å². The molecule has 0 spiro atoms. The van der Waals surface area contributed by atoms with Crippen LogP contribution in [0.4, 0.5) is 0 Å². The fraction of sp³-hybridized carbons (Fsp3) is 0.375. The molecule has 2 fully saturated rings. The molecule has 2 aromatic rings. The van der Waals surface area contributed by atoms with Crippen molar-refractivity contribution in [3.63, 3.8) is 0 Å². The van der Waals surface area contributed by atoms with Crippen molar-refractivity contribution in [2.45, 2.75) is 11.8 Å². The van der Waals surface area contributed by atoms with Gasteiger partial charge in [-0.3, -0.25) is 0 Å². The van der Waals surface area contributed by atoms with Crippen LogP contribution in [0.3, 0.4) is 0 Å². The highest BCUT2D eigenvalue weighted by Gasteiger charge is 2.59. The molecule has 0 radical (unpaired) electrons. The van der Waals surface area contributed by atoms with E-state index in [-0.39, 0.29) is 0 Å². The van der Waals surface area contributed by atoms with Crippen molar-refractivity contribution in [3.05, 3.63) is 48.0 Å². The van der Waals surface area contributed by atoms with Gasteiger partial charge in [0.1, 0.15) is 0 Å². The van der Waals surface area contributed by atoms with E-state index in [1.54, 1.807) is 5.56 Å². The monoisotopic (exact) mass is 223 g/mol. The van der Waals surface area contributed by atoms with Crippen LogP contribution >= 0.6 is 0 Å². The molecule has 0 amide bonds. The van der Waals surface area contributed by atoms with Gasteiger partial charge in [-0.2, -0.15) is 0 Å². The summed E-state index contributed by atoms with van der Waals surface area (Å²) in [6.45, 7) is 2.53. The van der Waals surface area contributed by atoms with Crippen LogP contribution in [0.5, 0.6) is 0 Å². The van der Waals surface area contributed by atoms with Crippen LogP contribution < -0.4 is 0 Å². The number of likely N-dealkylation sites (tertiary alicyclic amines) is 1. The summed E-state index contributed by atoms with van der Waals surface area (Å²) in [4.78, 5) is 2.48. The van der Waals surface area contributed by atoms with Crippen molar-refractivity contribution in [2.75, 3.05) is 20.1 Å². The van der Waals surface area contributed by atoms with Gasteiger partial charge in [-0.1, -0.05) is 42.5 Å². The minimum atomic E-state index is 0.499. The van der Waals surface area contributed by atoms with Gasteiger partial charge in [-0.05, 0) is 35.7 Å². The van der Waals surface area contributed by atoms with Crippen LogP contribution in [0.15, 0.2) is 42.5 Å². The minimum Gasteiger partial charge on any atom is -0.305 e. The Morgan fingerprint density at radius 3 is 2.71 bits per heavy atom. The van der Waals surface area contributed by atoms with Crippen LogP contribution in [0, 0.1) is 5.92 Å². The average Bonchev–Trinajstić information content (AvgIpc) is 2.93. The Balaban J connectivity index is 1.82. The molecule has 2 atom stereocenters. The Kier molecular flexibility index (Phi) is 1.77. The van der Waals surface area contributed by atoms with E-state index in [2.05, 4.69) is 54.4 Å². The van der Waals surface area contributed by atoms with Crippen molar-refractivity contribution in [1.29, 1.82) is 0 Å². The van der Waals surface area contributed by atoms with Gasteiger partial charge in [0, 0.05) is 18.5 Å². The van der Waals surface area contributed by atoms with Gasteiger partial charge in [0.2, 0.25) is 0 Å². The zero-order valence-electron chi connectivity index (χ0n) is 10.2. The van der Waals surface area contributed by atoms with Crippen molar-refractivity contribution in [3.8, 4) is 0 Å². The largest absolute Gasteiger partial charge is 0.305 e. The zero-order valence-corrected chi connectivity index (χ0v) is 10.2. The van der Waals surface area contributed by atoms with Crippen LogP contribution in [0.1, 0.15) is 12.0 Å². The third-order valence-corrected chi connectivity index (χ3v) is 4.64. The molecule has 2 aliphatic rings. The molecule has 1 heteroatoms. The van der Waals surface area contributed by atoms with Crippen LogP contribution in [-0.4, -0.2) is 25.0 Å². The summed E-state index contributed by atoms with van der Waals surface area (Å²) in [7, 11) is 2.24. The number of fused-ring (bicyclic) bond motifs is 2. The maximum absolute atomic E-state index is 2.48. The third-order valence-electron chi connectivity index (χ3n) is 4.64. The second-order valence-corrected chi connectivity index (χ2v) is 5.82. The molecule has 0 aromatic heterocycles. The molecule has 17 heavy (non-hydrogen) atoms. The smallest absolute Gasteiger partial charge is 0.0124 e. The number of benzene rings is 2. The normalized spacial score (nSPS) is 31.7. The lowest BCUT2D eigenvalue weighted by atomic mass is 9.93. The molecule has 1 saturated heterocycles. The molecule has 0 bridgehead atoms. The minimum absolute atomic E-state index is 0.499. The van der Waals surface area contributed by atoms with Crippen LogP contribution in [-0.2, 0) is 5.41 Å². The Hall–Kier alpha value is -1.34. The first-order valence-electron chi connectivity index (χ1n) is 6.46. The van der Waals surface area contributed by atoms with Crippen molar-refractivity contribution >= 4 is 10.8 Å². The van der Waals surface area contributed by atoms with E-state index >= 15 is 0 Å². The zero-order chi connectivity index (χ0) is 11.5. The number of likely N-dealkylation sites (N-methyl/N-ethyl adjacent to an activating group) is 1. The lowest BCUT2D eigenvalue weighted by Crippen LogP contribution is -2.22. The Bertz CT molecular complexity index is 589. The van der Waals surface area contributed by atoms with Gasteiger partial charge >= 0.3 is 0 Å². The highest BCUT2D eigenvalue weighted by atomic mass is 15.2.